The Kier molecular flexibility index (Phi) is 5.26. The highest BCUT2D eigenvalue weighted by atomic mass is 35.5. The van der Waals surface area contributed by atoms with Crippen molar-refractivity contribution in [3.8, 4) is 0 Å². The zero-order chi connectivity index (χ0) is 19.5. The average Bonchev–Trinajstić information content (AvgIpc) is 2.73. The van der Waals surface area contributed by atoms with E-state index in [-0.39, 0.29) is 17.7 Å². The predicted octanol–water partition coefficient (Wildman–Crippen LogP) is 4.38. The Labute approximate surface area is 168 Å². The van der Waals surface area contributed by atoms with Crippen molar-refractivity contribution in [1.82, 2.24) is 9.88 Å². The van der Waals surface area contributed by atoms with Gasteiger partial charge in [-0.25, -0.2) is 4.98 Å². The number of piperidine rings is 1. The summed E-state index contributed by atoms with van der Waals surface area (Å²) < 4.78 is 0. The second kappa shape index (κ2) is 7.98. The molecule has 1 fully saturated rings. The van der Waals surface area contributed by atoms with Crippen LogP contribution in [0, 0.1) is 5.92 Å². The number of hydrogen-bond donors (Lipinski definition) is 1. The maximum atomic E-state index is 12.8. The number of halogens is 1. The Morgan fingerprint density at radius 1 is 1.07 bits per heavy atom. The van der Waals surface area contributed by atoms with Crippen LogP contribution in [0.1, 0.15) is 23.2 Å². The van der Waals surface area contributed by atoms with E-state index in [1.807, 2.05) is 36.4 Å². The van der Waals surface area contributed by atoms with Gasteiger partial charge in [-0.2, -0.15) is 0 Å². The summed E-state index contributed by atoms with van der Waals surface area (Å²) in [5.74, 6) is 0.0977. The fourth-order valence-electron chi connectivity index (χ4n) is 3.53. The lowest BCUT2D eigenvalue weighted by atomic mass is 9.96. The number of fused-ring (bicyclic) bond motifs is 1. The van der Waals surface area contributed by atoms with Crippen molar-refractivity contribution >= 4 is 40.1 Å². The maximum absolute atomic E-state index is 12.8. The highest BCUT2D eigenvalue weighted by Crippen LogP contribution is 2.22. The van der Waals surface area contributed by atoms with Crippen molar-refractivity contribution < 1.29 is 9.59 Å². The molecule has 0 saturated carbocycles. The monoisotopic (exact) mass is 393 g/mol. The van der Waals surface area contributed by atoms with Crippen LogP contribution in [0.3, 0.4) is 0 Å². The van der Waals surface area contributed by atoms with E-state index < -0.39 is 0 Å². The van der Waals surface area contributed by atoms with Crippen molar-refractivity contribution in [3.05, 3.63) is 71.2 Å². The van der Waals surface area contributed by atoms with Gasteiger partial charge in [-0.15, -0.1) is 0 Å². The van der Waals surface area contributed by atoms with Gasteiger partial charge in [-0.05, 0) is 49.2 Å². The van der Waals surface area contributed by atoms with Crippen molar-refractivity contribution in [2.24, 2.45) is 5.92 Å². The largest absolute Gasteiger partial charge is 0.338 e. The number of carbonyl (C=O) groups is 2. The Morgan fingerprint density at radius 3 is 2.68 bits per heavy atom. The highest BCUT2D eigenvalue weighted by molar-refractivity contribution is 6.31. The quantitative estimate of drug-likeness (QED) is 0.718. The van der Waals surface area contributed by atoms with Crippen LogP contribution in [0.4, 0.5) is 5.82 Å². The van der Waals surface area contributed by atoms with Crippen molar-refractivity contribution in [2.45, 2.75) is 12.8 Å². The van der Waals surface area contributed by atoms with Gasteiger partial charge in [0, 0.05) is 29.1 Å². The van der Waals surface area contributed by atoms with Gasteiger partial charge in [0.25, 0.3) is 5.91 Å². The van der Waals surface area contributed by atoms with Gasteiger partial charge in [-0.1, -0.05) is 35.9 Å². The number of nitrogens with one attached hydrogen (secondary N) is 1. The summed E-state index contributed by atoms with van der Waals surface area (Å²) in [6, 6.07) is 18.3. The van der Waals surface area contributed by atoms with E-state index in [2.05, 4.69) is 10.3 Å². The van der Waals surface area contributed by atoms with Gasteiger partial charge >= 0.3 is 0 Å². The van der Waals surface area contributed by atoms with Crippen molar-refractivity contribution in [3.63, 3.8) is 0 Å². The molecule has 2 heterocycles. The second-order valence-electron chi connectivity index (χ2n) is 6.98. The maximum Gasteiger partial charge on any atom is 0.253 e. The zero-order valence-electron chi connectivity index (χ0n) is 15.3. The molecule has 142 valence electrons. The third-order valence-electron chi connectivity index (χ3n) is 5.01. The van der Waals surface area contributed by atoms with Crippen LogP contribution in [0.2, 0.25) is 5.02 Å². The summed E-state index contributed by atoms with van der Waals surface area (Å²) in [5, 5.41) is 4.45. The molecule has 0 radical (unpaired) electrons. The van der Waals surface area contributed by atoms with Gasteiger partial charge in [0.15, 0.2) is 0 Å². The van der Waals surface area contributed by atoms with Crippen LogP contribution >= 0.6 is 11.6 Å². The number of likely N-dealkylation sites (tertiary alicyclic amines) is 1. The molecule has 0 bridgehead atoms. The Balaban J connectivity index is 1.45. The van der Waals surface area contributed by atoms with E-state index in [0.29, 0.717) is 29.5 Å². The Morgan fingerprint density at radius 2 is 1.86 bits per heavy atom. The van der Waals surface area contributed by atoms with Crippen LogP contribution < -0.4 is 5.32 Å². The van der Waals surface area contributed by atoms with Gasteiger partial charge < -0.3 is 10.2 Å². The number of aromatic nitrogens is 1. The fraction of sp³-hybridized carbons (Fsp3) is 0.227. The standard InChI is InChI=1S/C22H20ClN3O2/c23-18-10-8-15-9-11-20(24-19(15)13-18)25-21(27)17-7-4-12-26(14-17)22(28)16-5-2-1-3-6-16/h1-3,5-6,8-11,13,17H,4,7,12,14H2,(H,24,25,27). The number of benzene rings is 2. The summed E-state index contributed by atoms with van der Waals surface area (Å²) in [4.78, 5) is 31.7. The van der Waals surface area contributed by atoms with E-state index in [9.17, 15) is 9.59 Å². The molecule has 5 nitrogen and oxygen atoms in total. The third-order valence-corrected chi connectivity index (χ3v) is 5.24. The summed E-state index contributed by atoms with van der Waals surface area (Å²) in [6.45, 7) is 1.09. The van der Waals surface area contributed by atoms with Crippen LogP contribution in [0.5, 0.6) is 0 Å². The number of carbonyl (C=O) groups excluding carboxylic acids is 2. The molecule has 1 atom stereocenters. The minimum absolute atomic E-state index is 0.0310. The van der Waals surface area contributed by atoms with E-state index in [0.717, 1.165) is 23.7 Å². The Bertz CT molecular complexity index is 1020. The summed E-state index contributed by atoms with van der Waals surface area (Å²) >= 11 is 6.03. The smallest absolute Gasteiger partial charge is 0.253 e. The molecule has 4 rings (SSSR count). The SMILES string of the molecule is O=C(Nc1ccc2ccc(Cl)cc2n1)C1CCCN(C(=O)c2ccccc2)C1. The fourth-order valence-corrected chi connectivity index (χ4v) is 3.69. The topological polar surface area (TPSA) is 62.3 Å². The normalized spacial score (nSPS) is 16.8. The summed E-state index contributed by atoms with van der Waals surface area (Å²) in [5.41, 5.74) is 1.38. The Hall–Kier alpha value is -2.92. The number of nitrogens with zero attached hydrogens (tertiary/aromatic N) is 2. The molecule has 2 amide bonds. The molecule has 6 heteroatoms. The number of amides is 2. The summed E-state index contributed by atoms with van der Waals surface area (Å²) in [6.07, 6.45) is 1.56. The van der Waals surface area contributed by atoms with E-state index in [1.54, 1.807) is 29.2 Å². The molecule has 1 aliphatic heterocycles. The predicted molar refractivity (Wildman–Crippen MR) is 110 cm³/mol. The van der Waals surface area contributed by atoms with E-state index in [1.165, 1.54) is 0 Å². The number of pyridine rings is 1. The second-order valence-corrected chi connectivity index (χ2v) is 7.42. The summed E-state index contributed by atoms with van der Waals surface area (Å²) in [7, 11) is 0. The van der Waals surface area contributed by atoms with Gasteiger partial charge in [0.2, 0.25) is 5.91 Å². The van der Waals surface area contributed by atoms with Crippen LogP contribution in [0.25, 0.3) is 10.9 Å². The lowest BCUT2D eigenvalue weighted by Gasteiger charge is -2.32. The molecular formula is C22H20ClN3O2. The van der Waals surface area contributed by atoms with Gasteiger partial charge in [0.1, 0.15) is 5.82 Å². The first-order valence-electron chi connectivity index (χ1n) is 9.32. The lowest BCUT2D eigenvalue weighted by molar-refractivity contribution is -0.121. The molecule has 1 aromatic heterocycles. The van der Waals surface area contributed by atoms with Crippen molar-refractivity contribution in [1.29, 1.82) is 0 Å². The number of rotatable bonds is 3. The molecule has 2 aromatic carbocycles. The molecule has 1 aliphatic rings. The first-order valence-corrected chi connectivity index (χ1v) is 9.69. The first-order chi connectivity index (χ1) is 13.6. The highest BCUT2D eigenvalue weighted by Gasteiger charge is 2.29. The molecular weight excluding hydrogens is 374 g/mol. The molecule has 0 aliphatic carbocycles. The van der Waals surface area contributed by atoms with Gasteiger partial charge in [-0.3, -0.25) is 9.59 Å². The van der Waals surface area contributed by atoms with E-state index >= 15 is 0 Å². The minimum atomic E-state index is -0.252. The molecule has 1 saturated heterocycles. The lowest BCUT2D eigenvalue weighted by Crippen LogP contribution is -2.43. The van der Waals surface area contributed by atoms with Crippen LogP contribution in [0.15, 0.2) is 60.7 Å². The average molecular weight is 394 g/mol. The molecule has 1 unspecified atom stereocenters. The van der Waals surface area contributed by atoms with E-state index in [4.69, 9.17) is 11.6 Å². The molecule has 3 aromatic rings. The zero-order valence-corrected chi connectivity index (χ0v) is 16.0. The number of hydrogen-bond acceptors (Lipinski definition) is 3. The number of anilines is 1. The van der Waals surface area contributed by atoms with Gasteiger partial charge in [0.05, 0.1) is 11.4 Å². The van der Waals surface area contributed by atoms with Crippen LogP contribution in [-0.4, -0.2) is 34.8 Å². The molecule has 1 N–H and O–H groups in total. The third kappa shape index (κ3) is 3.99. The van der Waals surface area contributed by atoms with Crippen molar-refractivity contribution in [2.75, 3.05) is 18.4 Å². The molecule has 0 spiro atoms. The minimum Gasteiger partial charge on any atom is -0.338 e. The molecule has 28 heavy (non-hydrogen) atoms. The first kappa shape index (κ1) is 18.4. The van der Waals surface area contributed by atoms with Crippen LogP contribution in [-0.2, 0) is 4.79 Å².